The van der Waals surface area contributed by atoms with Gasteiger partial charge in [0.25, 0.3) is 0 Å². The Hall–Kier alpha value is -2.68. The SMILES string of the molecule is COc1ccc(S(=O)(=O)NC2CCN(S(=O)(=O)c3cccc(C(=O)O)c3)CC2)c(C(F)(F)F)c1. The Labute approximate surface area is 194 Å². The Balaban J connectivity index is 1.75. The van der Waals surface area contributed by atoms with E-state index in [0.717, 1.165) is 29.6 Å². The van der Waals surface area contributed by atoms with Gasteiger partial charge in [0.2, 0.25) is 20.0 Å². The third kappa shape index (κ3) is 5.51. The van der Waals surface area contributed by atoms with Crippen LogP contribution in [0.2, 0.25) is 0 Å². The van der Waals surface area contributed by atoms with Crippen LogP contribution in [0, 0.1) is 0 Å². The molecule has 14 heteroatoms. The minimum absolute atomic E-state index is 0.00852. The first-order chi connectivity index (χ1) is 15.8. The van der Waals surface area contributed by atoms with Gasteiger partial charge in [0, 0.05) is 19.1 Å². The van der Waals surface area contributed by atoms with Crippen molar-refractivity contribution in [3.8, 4) is 5.75 Å². The molecule has 0 spiro atoms. The number of nitrogens with one attached hydrogen (secondary N) is 1. The van der Waals surface area contributed by atoms with Crippen molar-refractivity contribution in [1.29, 1.82) is 0 Å². The van der Waals surface area contributed by atoms with Crippen LogP contribution in [-0.2, 0) is 26.2 Å². The highest BCUT2D eigenvalue weighted by molar-refractivity contribution is 7.89. The van der Waals surface area contributed by atoms with Crippen LogP contribution in [0.3, 0.4) is 0 Å². The van der Waals surface area contributed by atoms with E-state index in [1.54, 1.807) is 0 Å². The number of hydrogen-bond acceptors (Lipinski definition) is 6. The van der Waals surface area contributed by atoms with Crippen molar-refractivity contribution in [3.05, 3.63) is 53.6 Å². The third-order valence-electron chi connectivity index (χ3n) is 5.28. The second-order valence-electron chi connectivity index (χ2n) is 7.49. The normalized spacial score (nSPS) is 16.4. The van der Waals surface area contributed by atoms with Crippen molar-refractivity contribution in [1.82, 2.24) is 9.03 Å². The zero-order valence-corrected chi connectivity index (χ0v) is 19.4. The number of benzene rings is 2. The first kappa shape index (κ1) is 25.9. The van der Waals surface area contributed by atoms with Crippen molar-refractivity contribution >= 4 is 26.0 Å². The molecule has 34 heavy (non-hydrogen) atoms. The molecule has 2 aromatic rings. The average molecular weight is 523 g/mol. The predicted octanol–water partition coefficient (Wildman–Crippen LogP) is 2.54. The third-order valence-corrected chi connectivity index (χ3v) is 8.75. The maximum absolute atomic E-state index is 13.4. The van der Waals surface area contributed by atoms with Gasteiger partial charge in [0.05, 0.1) is 28.0 Å². The maximum atomic E-state index is 13.4. The summed E-state index contributed by atoms with van der Waals surface area (Å²) in [5.74, 6) is -1.45. The maximum Gasteiger partial charge on any atom is 0.417 e. The zero-order valence-electron chi connectivity index (χ0n) is 17.7. The molecule has 1 fully saturated rings. The molecule has 0 unspecified atom stereocenters. The number of sulfonamides is 2. The molecule has 0 atom stereocenters. The molecule has 2 aromatic carbocycles. The Morgan fingerprint density at radius 2 is 1.74 bits per heavy atom. The number of alkyl halides is 3. The number of carboxylic acids is 1. The summed E-state index contributed by atoms with van der Waals surface area (Å²) < 4.78 is 99.5. The van der Waals surface area contributed by atoms with Crippen molar-refractivity contribution in [2.75, 3.05) is 20.2 Å². The summed E-state index contributed by atoms with van der Waals surface area (Å²) in [7, 11) is -7.46. The van der Waals surface area contributed by atoms with Gasteiger partial charge in [-0.15, -0.1) is 0 Å². The van der Waals surface area contributed by atoms with Crippen LogP contribution in [0.1, 0.15) is 28.8 Å². The van der Waals surface area contributed by atoms with Crippen LogP contribution in [0.25, 0.3) is 0 Å². The molecule has 3 rings (SSSR count). The van der Waals surface area contributed by atoms with Gasteiger partial charge in [-0.2, -0.15) is 17.5 Å². The van der Waals surface area contributed by atoms with Crippen LogP contribution < -0.4 is 9.46 Å². The molecule has 1 heterocycles. The summed E-state index contributed by atoms with van der Waals surface area (Å²) in [4.78, 5) is 9.94. The molecule has 0 radical (unpaired) electrons. The molecule has 186 valence electrons. The second-order valence-corrected chi connectivity index (χ2v) is 11.1. The molecule has 0 aliphatic carbocycles. The average Bonchev–Trinajstić information content (AvgIpc) is 2.78. The van der Waals surface area contributed by atoms with E-state index in [4.69, 9.17) is 9.84 Å². The van der Waals surface area contributed by atoms with E-state index in [2.05, 4.69) is 4.72 Å². The van der Waals surface area contributed by atoms with Gasteiger partial charge in [0.1, 0.15) is 5.75 Å². The molecule has 0 saturated carbocycles. The molecule has 9 nitrogen and oxygen atoms in total. The van der Waals surface area contributed by atoms with Gasteiger partial charge in [-0.3, -0.25) is 0 Å². The van der Waals surface area contributed by atoms with Gasteiger partial charge in [-0.1, -0.05) is 6.07 Å². The van der Waals surface area contributed by atoms with Crippen molar-refractivity contribution in [2.45, 2.75) is 34.9 Å². The van der Waals surface area contributed by atoms with Crippen LogP contribution in [-0.4, -0.2) is 58.5 Å². The Morgan fingerprint density at radius 3 is 2.29 bits per heavy atom. The van der Waals surface area contributed by atoms with Gasteiger partial charge < -0.3 is 9.84 Å². The van der Waals surface area contributed by atoms with Crippen molar-refractivity contribution < 1.29 is 44.6 Å². The molecular weight excluding hydrogens is 501 g/mol. The fourth-order valence-electron chi connectivity index (χ4n) is 3.53. The lowest BCUT2D eigenvalue weighted by Gasteiger charge is -2.31. The summed E-state index contributed by atoms with van der Waals surface area (Å²) in [5, 5.41) is 9.07. The van der Waals surface area contributed by atoms with E-state index in [-0.39, 0.29) is 42.1 Å². The molecule has 1 aliphatic rings. The standard InChI is InChI=1S/C20H21F3N2O7S2/c1-32-15-5-6-18(17(12-15)20(21,22)23)33(28,29)24-14-7-9-25(10-8-14)34(30,31)16-4-2-3-13(11-16)19(26)27/h2-6,11-12,14,24H,7-10H2,1H3,(H,26,27). The van der Waals surface area contributed by atoms with Gasteiger partial charge in [0.15, 0.2) is 0 Å². The van der Waals surface area contributed by atoms with Gasteiger partial charge >= 0.3 is 12.1 Å². The second kappa shape index (κ2) is 9.52. The highest BCUT2D eigenvalue weighted by atomic mass is 32.2. The number of aromatic carboxylic acids is 1. The first-order valence-electron chi connectivity index (χ1n) is 9.87. The fourth-order valence-corrected chi connectivity index (χ4v) is 6.56. The zero-order chi connectivity index (χ0) is 25.3. The molecule has 0 aromatic heterocycles. The summed E-state index contributed by atoms with van der Waals surface area (Å²) in [6, 6.07) is 6.51. The number of halogens is 3. The van der Waals surface area contributed by atoms with E-state index in [9.17, 15) is 34.8 Å². The Bertz CT molecular complexity index is 1290. The monoisotopic (exact) mass is 522 g/mol. The summed E-state index contributed by atoms with van der Waals surface area (Å²) in [5.41, 5.74) is -1.58. The van der Waals surface area contributed by atoms with Crippen LogP contribution >= 0.6 is 0 Å². The largest absolute Gasteiger partial charge is 0.497 e. The topological polar surface area (TPSA) is 130 Å². The molecule has 0 amide bonds. The quantitative estimate of drug-likeness (QED) is 0.572. The van der Waals surface area contributed by atoms with Crippen LogP contribution in [0.15, 0.2) is 52.3 Å². The molecule has 1 saturated heterocycles. The summed E-state index contributed by atoms with van der Waals surface area (Å²) >= 11 is 0. The lowest BCUT2D eigenvalue weighted by molar-refractivity contribution is -0.140. The van der Waals surface area contributed by atoms with Gasteiger partial charge in [-0.05, 0) is 49.2 Å². The Morgan fingerprint density at radius 1 is 1.09 bits per heavy atom. The summed E-state index contributed by atoms with van der Waals surface area (Å²) in [6.07, 6.45) is -4.93. The number of hydrogen-bond donors (Lipinski definition) is 2. The summed E-state index contributed by atoms with van der Waals surface area (Å²) in [6.45, 7) is -0.219. The van der Waals surface area contributed by atoms with E-state index < -0.39 is 48.7 Å². The minimum atomic E-state index is -4.94. The number of nitrogens with zero attached hydrogens (tertiary/aromatic N) is 1. The lowest BCUT2D eigenvalue weighted by atomic mass is 10.1. The number of piperidine rings is 1. The first-order valence-corrected chi connectivity index (χ1v) is 12.8. The van der Waals surface area contributed by atoms with E-state index in [0.29, 0.717) is 6.07 Å². The lowest BCUT2D eigenvalue weighted by Crippen LogP contribution is -2.46. The van der Waals surface area contributed by atoms with Crippen molar-refractivity contribution in [3.63, 3.8) is 0 Å². The van der Waals surface area contributed by atoms with E-state index in [1.807, 2.05) is 0 Å². The Kier molecular flexibility index (Phi) is 7.26. The number of ether oxygens (including phenoxy) is 1. The fraction of sp³-hybridized carbons (Fsp3) is 0.350. The van der Waals surface area contributed by atoms with Crippen LogP contribution in [0.5, 0.6) is 5.75 Å². The van der Waals surface area contributed by atoms with Crippen molar-refractivity contribution in [2.24, 2.45) is 0 Å². The molecule has 0 bridgehead atoms. The molecular formula is C20H21F3N2O7S2. The van der Waals surface area contributed by atoms with Gasteiger partial charge in [-0.25, -0.2) is 26.4 Å². The highest BCUT2D eigenvalue weighted by Crippen LogP contribution is 2.36. The molecule has 1 aliphatic heterocycles. The predicted molar refractivity (Wildman–Crippen MR) is 113 cm³/mol. The number of carbonyl (C=O) groups is 1. The number of carboxylic acid groups (broad SMARTS) is 1. The van der Waals surface area contributed by atoms with E-state index in [1.165, 1.54) is 18.2 Å². The number of methoxy groups -OCH3 is 1. The highest BCUT2D eigenvalue weighted by Gasteiger charge is 2.39. The number of rotatable bonds is 7. The minimum Gasteiger partial charge on any atom is -0.497 e. The van der Waals surface area contributed by atoms with E-state index >= 15 is 0 Å². The molecule has 2 N–H and O–H groups in total. The van der Waals surface area contributed by atoms with Crippen LogP contribution in [0.4, 0.5) is 13.2 Å². The smallest absolute Gasteiger partial charge is 0.417 e.